The van der Waals surface area contributed by atoms with E-state index in [9.17, 15) is 29.6 Å². The predicted molar refractivity (Wildman–Crippen MR) is 122 cm³/mol. The number of hydrogen-bond acceptors (Lipinski definition) is 8. The van der Waals surface area contributed by atoms with Gasteiger partial charge in [-0.3, -0.25) is 29.4 Å². The number of amides is 2. The number of benzene rings is 2. The molecule has 11 heteroatoms. The van der Waals surface area contributed by atoms with Crippen LogP contribution in [-0.2, 0) is 4.79 Å². The summed E-state index contributed by atoms with van der Waals surface area (Å²) in [6.45, 7) is 1.64. The molecule has 0 bridgehead atoms. The number of imide groups is 1. The first-order valence-corrected chi connectivity index (χ1v) is 10.8. The van der Waals surface area contributed by atoms with Crippen LogP contribution in [0.2, 0.25) is 0 Å². The van der Waals surface area contributed by atoms with E-state index in [1.807, 2.05) is 22.6 Å². The molecule has 1 aliphatic heterocycles. The maximum Gasteiger partial charge on any atom is 0.293 e. The molecule has 31 heavy (non-hydrogen) atoms. The van der Waals surface area contributed by atoms with Gasteiger partial charge in [0, 0.05) is 17.7 Å². The van der Waals surface area contributed by atoms with Gasteiger partial charge in [-0.05, 0) is 77.2 Å². The summed E-state index contributed by atoms with van der Waals surface area (Å²) >= 11 is 2.63. The molecule has 0 unspecified atom stereocenters. The molecule has 1 heterocycles. The predicted octanol–water partition coefficient (Wildman–Crippen LogP) is 4.22. The smallest absolute Gasteiger partial charge is 0.293 e. The van der Waals surface area contributed by atoms with E-state index in [2.05, 4.69) is 0 Å². The van der Waals surface area contributed by atoms with Crippen LogP contribution in [0.15, 0.2) is 41.3 Å². The van der Waals surface area contributed by atoms with Gasteiger partial charge in [-0.15, -0.1) is 0 Å². The molecule has 2 amide bonds. The zero-order valence-corrected chi connectivity index (χ0v) is 19.0. The molecule has 0 aliphatic carbocycles. The minimum absolute atomic E-state index is 0.0126. The lowest BCUT2D eigenvalue weighted by Gasteiger charge is -2.11. The summed E-state index contributed by atoms with van der Waals surface area (Å²) in [6.07, 6.45) is 1.49. The number of thioether (sulfide) groups is 1. The minimum atomic E-state index is -0.619. The van der Waals surface area contributed by atoms with Crippen molar-refractivity contribution >= 4 is 63.0 Å². The monoisotopic (exact) mass is 554 g/mol. The Morgan fingerprint density at radius 3 is 2.58 bits per heavy atom. The summed E-state index contributed by atoms with van der Waals surface area (Å²) in [7, 11) is 0. The molecule has 2 aromatic carbocycles. The molecule has 0 saturated carbocycles. The fourth-order valence-corrected chi connectivity index (χ4v) is 4.20. The highest BCUT2D eigenvalue weighted by Crippen LogP contribution is 2.36. The van der Waals surface area contributed by atoms with E-state index in [4.69, 9.17) is 4.74 Å². The number of ether oxygens (including phenoxy) is 1. The number of nitro benzene ring substituents is 1. The molecular weight excluding hydrogens is 539 g/mol. The van der Waals surface area contributed by atoms with Crippen LogP contribution in [0.25, 0.3) is 6.08 Å². The van der Waals surface area contributed by atoms with Crippen LogP contribution < -0.4 is 4.74 Å². The van der Waals surface area contributed by atoms with E-state index in [-0.39, 0.29) is 27.7 Å². The molecule has 0 spiro atoms. The average molecular weight is 554 g/mol. The molecule has 0 radical (unpaired) electrons. The number of non-ortho nitro benzene ring substituents is 1. The third-order valence-corrected chi connectivity index (χ3v) is 5.95. The minimum Gasteiger partial charge on any atom is -0.504 e. The van der Waals surface area contributed by atoms with Gasteiger partial charge in [0.15, 0.2) is 17.3 Å². The fraction of sp³-hybridized carbons (Fsp3) is 0.150. The lowest BCUT2D eigenvalue weighted by atomic mass is 10.1. The fourth-order valence-electron chi connectivity index (χ4n) is 2.73. The lowest BCUT2D eigenvalue weighted by molar-refractivity contribution is -0.384. The van der Waals surface area contributed by atoms with Gasteiger partial charge < -0.3 is 9.84 Å². The van der Waals surface area contributed by atoms with E-state index >= 15 is 0 Å². The Bertz CT molecular complexity index is 1120. The molecule has 160 valence electrons. The number of carbonyl (C=O) groups is 3. The Kier molecular flexibility index (Phi) is 6.95. The van der Waals surface area contributed by atoms with Crippen LogP contribution in [0.3, 0.4) is 0 Å². The van der Waals surface area contributed by atoms with Gasteiger partial charge in [0.05, 0.1) is 26.6 Å². The number of halogens is 1. The Labute approximate surface area is 194 Å². The maximum absolute atomic E-state index is 12.7. The molecule has 1 aliphatic rings. The number of aromatic hydroxyl groups is 1. The molecule has 0 aromatic heterocycles. The quantitative estimate of drug-likeness (QED) is 0.177. The summed E-state index contributed by atoms with van der Waals surface area (Å²) in [5.74, 6) is -0.891. The van der Waals surface area contributed by atoms with Crippen molar-refractivity contribution < 1.29 is 29.2 Å². The number of phenols is 1. The first-order valence-electron chi connectivity index (χ1n) is 8.89. The van der Waals surface area contributed by atoms with Gasteiger partial charge in [-0.25, -0.2) is 0 Å². The van der Waals surface area contributed by atoms with E-state index in [1.165, 1.54) is 30.3 Å². The molecule has 2 aromatic rings. The SMILES string of the molecule is CCOc1cc(/C=C2/SC(=O)N(CC(=O)c3ccc([N+](=O)[O-])cc3)C2=O)cc(I)c1O. The molecule has 1 saturated heterocycles. The van der Waals surface area contributed by atoms with Crippen LogP contribution in [0, 0.1) is 13.7 Å². The highest BCUT2D eigenvalue weighted by molar-refractivity contribution is 14.1. The number of ketones is 1. The highest BCUT2D eigenvalue weighted by atomic mass is 127. The summed E-state index contributed by atoms with van der Waals surface area (Å²) in [6, 6.07) is 8.12. The van der Waals surface area contributed by atoms with Crippen molar-refractivity contribution in [2.24, 2.45) is 0 Å². The van der Waals surface area contributed by atoms with Crippen molar-refractivity contribution in [1.82, 2.24) is 4.90 Å². The van der Waals surface area contributed by atoms with Gasteiger partial charge in [0.1, 0.15) is 0 Å². The Morgan fingerprint density at radius 2 is 1.97 bits per heavy atom. The standard InChI is InChI=1S/C20H15IN2O7S/c1-2-30-16-8-11(7-14(21)18(16)25)9-17-19(26)22(20(27)31-17)10-15(24)12-3-5-13(6-4-12)23(28)29/h3-9,25H,2,10H2,1H3/b17-9+. The summed E-state index contributed by atoms with van der Waals surface area (Å²) < 4.78 is 5.89. The van der Waals surface area contributed by atoms with Gasteiger partial charge in [-0.1, -0.05) is 0 Å². The second-order valence-corrected chi connectivity index (χ2v) is 8.43. The van der Waals surface area contributed by atoms with Crippen molar-refractivity contribution in [3.05, 3.63) is 66.1 Å². The van der Waals surface area contributed by atoms with Gasteiger partial charge >= 0.3 is 0 Å². The van der Waals surface area contributed by atoms with E-state index in [0.717, 1.165) is 4.90 Å². The third kappa shape index (κ3) is 5.05. The second kappa shape index (κ2) is 9.47. The number of carbonyl (C=O) groups excluding carboxylic acids is 3. The number of nitrogens with zero attached hydrogens (tertiary/aromatic N) is 2. The number of Topliss-reactive ketones (excluding diaryl/α,β-unsaturated/α-hetero) is 1. The maximum atomic E-state index is 12.7. The van der Waals surface area contributed by atoms with Gasteiger partial charge in [0.25, 0.3) is 16.8 Å². The van der Waals surface area contributed by atoms with E-state index in [0.29, 0.717) is 27.5 Å². The summed E-state index contributed by atoms with van der Waals surface area (Å²) in [5, 5.41) is 20.2. The molecule has 0 atom stereocenters. The third-order valence-electron chi connectivity index (χ3n) is 4.22. The van der Waals surface area contributed by atoms with E-state index in [1.54, 1.807) is 19.1 Å². The largest absolute Gasteiger partial charge is 0.504 e. The Balaban J connectivity index is 1.79. The number of nitro groups is 1. The van der Waals surface area contributed by atoms with Crippen LogP contribution in [0.5, 0.6) is 11.5 Å². The van der Waals surface area contributed by atoms with Crippen LogP contribution >= 0.6 is 34.4 Å². The van der Waals surface area contributed by atoms with E-state index < -0.39 is 28.4 Å². The normalized spacial score (nSPS) is 14.9. The lowest BCUT2D eigenvalue weighted by Crippen LogP contribution is -2.33. The van der Waals surface area contributed by atoms with Crippen LogP contribution in [0.4, 0.5) is 10.5 Å². The molecular formula is C20H15IN2O7S. The van der Waals surface area contributed by atoms with Gasteiger partial charge in [-0.2, -0.15) is 0 Å². The summed E-state index contributed by atoms with van der Waals surface area (Å²) in [4.78, 5) is 48.5. The van der Waals surface area contributed by atoms with Crippen molar-refractivity contribution in [2.75, 3.05) is 13.2 Å². The Hall–Kier alpha value is -2.93. The first kappa shape index (κ1) is 22.7. The van der Waals surface area contributed by atoms with Crippen molar-refractivity contribution in [2.45, 2.75) is 6.92 Å². The zero-order valence-electron chi connectivity index (χ0n) is 16.0. The highest BCUT2D eigenvalue weighted by Gasteiger charge is 2.36. The number of phenolic OH excluding ortho intramolecular Hbond substituents is 1. The zero-order chi connectivity index (χ0) is 22.7. The van der Waals surface area contributed by atoms with Crippen LogP contribution in [0.1, 0.15) is 22.8 Å². The van der Waals surface area contributed by atoms with Crippen molar-refractivity contribution in [3.8, 4) is 11.5 Å². The van der Waals surface area contributed by atoms with Gasteiger partial charge in [0.2, 0.25) is 0 Å². The van der Waals surface area contributed by atoms with Crippen molar-refractivity contribution in [1.29, 1.82) is 0 Å². The number of hydrogen-bond donors (Lipinski definition) is 1. The molecule has 3 rings (SSSR count). The van der Waals surface area contributed by atoms with Crippen molar-refractivity contribution in [3.63, 3.8) is 0 Å². The average Bonchev–Trinajstić information content (AvgIpc) is 2.99. The Morgan fingerprint density at radius 1 is 1.29 bits per heavy atom. The first-order chi connectivity index (χ1) is 14.7. The topological polar surface area (TPSA) is 127 Å². The molecule has 1 N–H and O–H groups in total. The second-order valence-electron chi connectivity index (χ2n) is 6.28. The molecule has 1 fully saturated rings. The summed E-state index contributed by atoms with van der Waals surface area (Å²) in [5.41, 5.74) is 0.543. The molecule has 9 nitrogen and oxygen atoms in total. The van der Waals surface area contributed by atoms with Crippen LogP contribution in [-0.4, -0.2) is 45.0 Å². The number of rotatable bonds is 7.